The van der Waals surface area contributed by atoms with Gasteiger partial charge in [-0.15, -0.1) is 0 Å². The van der Waals surface area contributed by atoms with E-state index in [1.165, 1.54) is 58.2 Å². The van der Waals surface area contributed by atoms with Gasteiger partial charge in [-0.2, -0.15) is 0 Å². The highest BCUT2D eigenvalue weighted by Gasteiger charge is 2.29. The van der Waals surface area contributed by atoms with Crippen molar-refractivity contribution >= 4 is 70.2 Å². The fourth-order valence-corrected chi connectivity index (χ4v) is 15.8. The van der Waals surface area contributed by atoms with Crippen molar-refractivity contribution < 1.29 is 19.2 Å². The molecule has 0 aliphatic rings. The molecule has 0 saturated heterocycles. The average molecular weight is 1210 g/mol. The monoisotopic (exact) mass is 1210 g/mol. The van der Waals surface area contributed by atoms with E-state index < -0.39 is 0 Å². The van der Waals surface area contributed by atoms with E-state index in [-0.39, 0.29) is 34.0 Å². The van der Waals surface area contributed by atoms with Gasteiger partial charge in [0.15, 0.2) is 23.1 Å². The molecule has 0 N–H and O–H groups in total. The van der Waals surface area contributed by atoms with Gasteiger partial charge in [-0.3, -0.25) is 19.2 Å². The Labute approximate surface area is 528 Å². The molecule has 0 bridgehead atoms. The van der Waals surface area contributed by atoms with Gasteiger partial charge in [-0.05, 0) is 222 Å². The summed E-state index contributed by atoms with van der Waals surface area (Å²) in [6.07, 6.45) is 0. The van der Waals surface area contributed by atoms with Crippen LogP contribution in [0.25, 0.3) is 0 Å². The first-order valence-corrected chi connectivity index (χ1v) is 32.6. The highest BCUT2D eigenvalue weighted by atomic mass is 32.2. The number of hydrogen-bond donors (Lipinski definition) is 0. The zero-order valence-electron chi connectivity index (χ0n) is 53.1. The molecule has 9 aromatic carbocycles. The number of hydrogen-bond acceptors (Lipinski definition) is 8. The quantitative estimate of drug-likeness (QED) is 0.0887. The van der Waals surface area contributed by atoms with Gasteiger partial charge in [-0.1, -0.05) is 184 Å². The van der Waals surface area contributed by atoms with Gasteiger partial charge in [-0.25, -0.2) is 0 Å². The summed E-state index contributed by atoms with van der Waals surface area (Å²) < 4.78 is 0. The van der Waals surface area contributed by atoms with Gasteiger partial charge >= 0.3 is 0 Å². The number of benzene rings is 9. The summed E-state index contributed by atoms with van der Waals surface area (Å²) >= 11 is 5.92. The zero-order valence-corrected chi connectivity index (χ0v) is 56.4. The molecule has 0 atom stereocenters. The highest BCUT2D eigenvalue weighted by molar-refractivity contribution is 8.00. The number of aryl methyl sites for hydroxylation is 12. The first-order chi connectivity index (χ1) is 40.4. The standard InChI is InChI=1S/C78H78O4S4/c1-43-31-47(5)69(48(6)32-43)73(79)61-41-67(63(75(81)71-51(9)35-45(3)36-52(71)10)39-65(61)83-57-23-19-55(20-24-57)77(13,14)15)85-59-27-29-60(30-28-59)86-68-42-62(74(80)70-49(7)33-44(2)34-50(70)8)66(84-58-25-21-56(22-26-58)78(16,17)18)40-64(68)76(82)72-53(11)37-46(4)38-54(72)12/h19-42H,1-18H3. The van der Waals surface area contributed by atoms with Crippen molar-refractivity contribution in [2.24, 2.45) is 0 Å². The minimum Gasteiger partial charge on any atom is -0.289 e. The molecular weight excluding hydrogens is 1130 g/mol. The molecule has 0 saturated carbocycles. The highest BCUT2D eigenvalue weighted by Crippen LogP contribution is 2.45. The molecule has 0 unspecified atom stereocenters. The molecule has 4 nitrogen and oxygen atoms in total. The molecular formula is C78H78O4S4. The van der Waals surface area contributed by atoms with Crippen molar-refractivity contribution in [3.63, 3.8) is 0 Å². The van der Waals surface area contributed by atoms with Gasteiger partial charge in [0.1, 0.15) is 0 Å². The number of ketones is 4. The van der Waals surface area contributed by atoms with Crippen LogP contribution in [0.4, 0.5) is 0 Å². The summed E-state index contributed by atoms with van der Waals surface area (Å²) in [6, 6.07) is 49.4. The van der Waals surface area contributed by atoms with E-state index >= 15 is 19.2 Å². The van der Waals surface area contributed by atoms with Crippen molar-refractivity contribution in [3.05, 3.63) is 268 Å². The maximum Gasteiger partial charge on any atom is 0.194 e. The normalized spacial score (nSPS) is 11.7. The fraction of sp³-hybridized carbons (Fsp3) is 0.256. The van der Waals surface area contributed by atoms with Gasteiger partial charge in [0.2, 0.25) is 0 Å². The third kappa shape index (κ3) is 13.9. The van der Waals surface area contributed by atoms with Crippen LogP contribution in [0.15, 0.2) is 185 Å². The number of carbonyl (C=O) groups excluding carboxylic acids is 4. The lowest BCUT2D eigenvalue weighted by molar-refractivity contribution is 0.102. The minimum absolute atomic E-state index is 0.0404. The van der Waals surface area contributed by atoms with Crippen LogP contribution in [-0.2, 0) is 10.8 Å². The lowest BCUT2D eigenvalue weighted by Gasteiger charge is -2.20. The first kappa shape index (κ1) is 63.6. The van der Waals surface area contributed by atoms with Crippen LogP contribution in [0.2, 0.25) is 0 Å². The average Bonchev–Trinajstić information content (AvgIpc) is 1.01. The molecule has 0 spiro atoms. The molecule has 9 aromatic rings. The smallest absolute Gasteiger partial charge is 0.194 e. The Morgan fingerprint density at radius 3 is 0.581 bits per heavy atom. The maximum atomic E-state index is 15.4. The Morgan fingerprint density at radius 2 is 0.419 bits per heavy atom. The van der Waals surface area contributed by atoms with E-state index in [0.29, 0.717) is 64.1 Å². The molecule has 0 radical (unpaired) electrons. The zero-order chi connectivity index (χ0) is 62.4. The minimum atomic E-state index is -0.109. The predicted octanol–water partition coefficient (Wildman–Crippen LogP) is 21.5. The molecule has 0 amide bonds. The van der Waals surface area contributed by atoms with E-state index in [1.807, 2.05) is 132 Å². The van der Waals surface area contributed by atoms with E-state index in [2.05, 4.69) is 139 Å². The van der Waals surface area contributed by atoms with Gasteiger partial charge in [0, 0.05) is 83.7 Å². The summed E-state index contributed by atoms with van der Waals surface area (Å²) in [5.74, 6) is -0.414. The SMILES string of the molecule is Cc1cc(C)c(C(=O)c2cc(Sc3ccc(C(C)(C)C)cc3)c(C(=O)c3c(C)cc(C)cc3C)cc2Sc2ccc(Sc3cc(C(=O)c4c(C)cc(C)cc4C)c(Sc4ccc(C(C)(C)C)cc4)cc3C(=O)c3c(C)cc(C)cc3C)cc2)c(C)c1. The third-order valence-corrected chi connectivity index (χ3v) is 20.2. The van der Waals surface area contributed by atoms with E-state index in [1.54, 1.807) is 0 Å². The number of carbonyl (C=O) groups is 4. The second kappa shape index (κ2) is 25.4. The summed E-state index contributed by atoms with van der Waals surface area (Å²) in [6.45, 7) is 37.3. The Hall–Kier alpha value is -6.94. The Kier molecular flexibility index (Phi) is 18.8. The predicted molar refractivity (Wildman–Crippen MR) is 362 cm³/mol. The van der Waals surface area contributed by atoms with Crippen LogP contribution in [0.3, 0.4) is 0 Å². The molecule has 8 heteroatoms. The summed E-state index contributed by atoms with van der Waals surface area (Å²) in [5.41, 5.74) is 18.5. The van der Waals surface area contributed by atoms with Crippen LogP contribution < -0.4 is 0 Å². The summed E-state index contributed by atoms with van der Waals surface area (Å²) in [7, 11) is 0. The van der Waals surface area contributed by atoms with Crippen molar-refractivity contribution in [1.29, 1.82) is 0 Å². The molecule has 0 aliphatic heterocycles. The molecule has 438 valence electrons. The lowest BCUT2D eigenvalue weighted by atomic mass is 9.87. The molecule has 0 aromatic heterocycles. The third-order valence-electron chi connectivity index (χ3n) is 15.9. The fourth-order valence-electron chi connectivity index (χ4n) is 12.0. The van der Waals surface area contributed by atoms with Crippen LogP contribution >= 0.6 is 47.0 Å². The summed E-state index contributed by atoms with van der Waals surface area (Å²) in [5, 5.41) is 0. The topological polar surface area (TPSA) is 68.3 Å². The van der Waals surface area contributed by atoms with Crippen molar-refractivity contribution in [2.75, 3.05) is 0 Å². The number of rotatable bonds is 16. The second-order valence-electron chi connectivity index (χ2n) is 25.5. The Bertz CT molecular complexity index is 3820. The van der Waals surface area contributed by atoms with Crippen LogP contribution in [-0.4, -0.2) is 23.1 Å². The van der Waals surface area contributed by atoms with E-state index in [9.17, 15) is 0 Å². The van der Waals surface area contributed by atoms with Crippen LogP contribution in [0.1, 0.15) is 183 Å². The van der Waals surface area contributed by atoms with E-state index in [0.717, 1.165) is 86.3 Å². The molecule has 0 fully saturated rings. The Morgan fingerprint density at radius 1 is 0.256 bits per heavy atom. The largest absolute Gasteiger partial charge is 0.289 e. The molecule has 0 aliphatic carbocycles. The molecule has 9 rings (SSSR count). The van der Waals surface area contributed by atoms with Gasteiger partial charge in [0.05, 0.1) is 0 Å². The lowest BCUT2D eigenvalue weighted by Crippen LogP contribution is -2.13. The molecule has 0 heterocycles. The van der Waals surface area contributed by atoms with Crippen molar-refractivity contribution in [3.8, 4) is 0 Å². The Balaban J connectivity index is 1.19. The second-order valence-corrected chi connectivity index (χ2v) is 30.0. The van der Waals surface area contributed by atoms with Crippen LogP contribution in [0.5, 0.6) is 0 Å². The van der Waals surface area contributed by atoms with Gasteiger partial charge < -0.3 is 0 Å². The van der Waals surface area contributed by atoms with Gasteiger partial charge in [0.25, 0.3) is 0 Å². The first-order valence-electron chi connectivity index (χ1n) is 29.3. The van der Waals surface area contributed by atoms with Crippen molar-refractivity contribution in [1.82, 2.24) is 0 Å². The molecule has 86 heavy (non-hydrogen) atoms. The van der Waals surface area contributed by atoms with E-state index in [4.69, 9.17) is 0 Å². The summed E-state index contributed by atoms with van der Waals surface area (Å²) in [4.78, 5) is 67.8. The van der Waals surface area contributed by atoms with Crippen molar-refractivity contribution in [2.45, 2.75) is 175 Å². The van der Waals surface area contributed by atoms with Crippen LogP contribution in [0, 0.1) is 83.1 Å². The maximum absolute atomic E-state index is 15.4.